The van der Waals surface area contributed by atoms with E-state index in [9.17, 15) is 9.59 Å². The lowest BCUT2D eigenvalue weighted by Crippen LogP contribution is -2.43. The maximum Gasteiger partial charge on any atom is 0.255 e. The number of halogens is 2. The fourth-order valence-corrected chi connectivity index (χ4v) is 3.28. The molecule has 2 saturated heterocycles. The topological polar surface area (TPSA) is 40.6 Å². The molecule has 2 heterocycles. The maximum absolute atomic E-state index is 12.3. The Bertz CT molecular complexity index is 529. The van der Waals surface area contributed by atoms with Crippen molar-refractivity contribution in [2.24, 2.45) is 0 Å². The van der Waals surface area contributed by atoms with E-state index in [0.29, 0.717) is 20.1 Å². The molecule has 0 saturated carbocycles. The van der Waals surface area contributed by atoms with Crippen molar-refractivity contribution in [1.82, 2.24) is 9.80 Å². The van der Waals surface area contributed by atoms with Gasteiger partial charge in [-0.3, -0.25) is 9.59 Å². The Morgan fingerprint density at radius 3 is 1.40 bits per heavy atom. The molecule has 0 unspecified atom stereocenters. The van der Waals surface area contributed by atoms with E-state index < -0.39 is 0 Å². The van der Waals surface area contributed by atoms with Gasteiger partial charge in [-0.15, -0.1) is 0 Å². The van der Waals surface area contributed by atoms with Crippen molar-refractivity contribution in [3.05, 3.63) is 32.2 Å². The zero-order chi connectivity index (χ0) is 14.3. The minimum absolute atomic E-state index is 0.0202. The fourth-order valence-electron chi connectivity index (χ4n) is 2.25. The smallest absolute Gasteiger partial charge is 0.255 e. The Morgan fingerprint density at radius 1 is 0.800 bits per heavy atom. The molecule has 2 amide bonds. The van der Waals surface area contributed by atoms with Gasteiger partial charge in [0, 0.05) is 35.1 Å². The summed E-state index contributed by atoms with van der Waals surface area (Å²) in [4.78, 5) is 28.1. The Balaban J connectivity index is 1.89. The van der Waals surface area contributed by atoms with Crippen molar-refractivity contribution in [3.63, 3.8) is 0 Å². The summed E-state index contributed by atoms with van der Waals surface area (Å²) in [6.45, 7) is 3.27. The second kappa shape index (κ2) is 5.48. The normalized spacial score (nSPS) is 17.5. The van der Waals surface area contributed by atoms with Gasteiger partial charge >= 0.3 is 0 Å². The van der Waals surface area contributed by atoms with Gasteiger partial charge in [-0.25, -0.2) is 0 Å². The van der Waals surface area contributed by atoms with E-state index in [1.54, 1.807) is 12.1 Å². The molecule has 106 valence electrons. The van der Waals surface area contributed by atoms with Gasteiger partial charge in [0.2, 0.25) is 0 Å². The lowest BCUT2D eigenvalue weighted by atomic mass is 10.1. The molecule has 2 aliphatic rings. The van der Waals surface area contributed by atoms with Crippen LogP contribution in [0.3, 0.4) is 0 Å². The number of amides is 2. The van der Waals surface area contributed by atoms with Gasteiger partial charge in [-0.1, -0.05) is 0 Å². The molecule has 0 N–H and O–H groups in total. The Kier molecular flexibility index (Phi) is 3.86. The van der Waals surface area contributed by atoms with E-state index in [0.717, 1.165) is 39.0 Å². The van der Waals surface area contributed by atoms with Crippen LogP contribution >= 0.6 is 31.9 Å². The van der Waals surface area contributed by atoms with Crippen LogP contribution in [0.25, 0.3) is 0 Å². The minimum atomic E-state index is 0.0202. The van der Waals surface area contributed by atoms with Crippen LogP contribution in [0, 0.1) is 0 Å². The molecule has 2 aliphatic heterocycles. The highest BCUT2D eigenvalue weighted by Crippen LogP contribution is 2.29. The first-order chi connectivity index (χ1) is 9.58. The van der Waals surface area contributed by atoms with E-state index in [1.807, 2.05) is 9.80 Å². The predicted molar refractivity (Wildman–Crippen MR) is 82.9 cm³/mol. The second-order valence-electron chi connectivity index (χ2n) is 5.10. The summed E-state index contributed by atoms with van der Waals surface area (Å²) < 4.78 is 1.36. The Hall–Kier alpha value is -0.880. The monoisotopic (exact) mass is 400 g/mol. The van der Waals surface area contributed by atoms with Gasteiger partial charge in [0.15, 0.2) is 0 Å². The molecule has 1 aromatic rings. The molecule has 6 heteroatoms. The highest BCUT2D eigenvalue weighted by atomic mass is 79.9. The van der Waals surface area contributed by atoms with Gasteiger partial charge < -0.3 is 9.80 Å². The molecule has 1 aromatic carbocycles. The standard InChI is InChI=1S/C14H14Br2N2O2/c15-11-8-10(14(20)18-5-2-6-18)12(16)7-9(11)13(19)17-3-1-4-17/h7-8H,1-6H2. The summed E-state index contributed by atoms with van der Waals surface area (Å²) in [7, 11) is 0. The lowest BCUT2D eigenvalue weighted by molar-refractivity contribution is 0.0638. The van der Waals surface area contributed by atoms with Gasteiger partial charge in [-0.2, -0.15) is 0 Å². The van der Waals surface area contributed by atoms with Crippen molar-refractivity contribution < 1.29 is 9.59 Å². The molecule has 4 nitrogen and oxygen atoms in total. The maximum atomic E-state index is 12.3. The van der Waals surface area contributed by atoms with Crippen molar-refractivity contribution in [2.75, 3.05) is 26.2 Å². The van der Waals surface area contributed by atoms with Crippen molar-refractivity contribution >= 4 is 43.7 Å². The number of likely N-dealkylation sites (tertiary alicyclic amines) is 2. The minimum Gasteiger partial charge on any atom is -0.338 e. The van der Waals surface area contributed by atoms with E-state index in [2.05, 4.69) is 31.9 Å². The first kappa shape index (κ1) is 14.1. The van der Waals surface area contributed by atoms with Crippen molar-refractivity contribution in [1.29, 1.82) is 0 Å². The number of carbonyl (C=O) groups excluding carboxylic acids is 2. The molecular weight excluding hydrogens is 388 g/mol. The lowest BCUT2D eigenvalue weighted by Gasteiger charge is -2.32. The zero-order valence-electron chi connectivity index (χ0n) is 10.9. The average Bonchev–Trinajstić information content (AvgIpc) is 2.26. The number of benzene rings is 1. The number of carbonyl (C=O) groups is 2. The second-order valence-corrected chi connectivity index (χ2v) is 6.81. The third-order valence-corrected chi connectivity index (χ3v) is 5.12. The molecule has 0 radical (unpaired) electrons. The molecule has 20 heavy (non-hydrogen) atoms. The van der Waals surface area contributed by atoms with Crippen LogP contribution in [0.15, 0.2) is 21.1 Å². The molecule has 3 rings (SSSR count). The van der Waals surface area contributed by atoms with Crippen LogP contribution in [0.1, 0.15) is 33.6 Å². The third-order valence-electron chi connectivity index (χ3n) is 3.80. The van der Waals surface area contributed by atoms with Crippen LogP contribution in [0.2, 0.25) is 0 Å². The highest BCUT2D eigenvalue weighted by Gasteiger charge is 2.27. The summed E-state index contributed by atoms with van der Waals surface area (Å²) in [6.07, 6.45) is 2.13. The molecule has 0 aromatic heterocycles. The molecule has 0 aliphatic carbocycles. The van der Waals surface area contributed by atoms with Gasteiger partial charge in [0.25, 0.3) is 11.8 Å². The SMILES string of the molecule is O=C(c1cc(Br)c(C(=O)N2CCC2)cc1Br)N1CCC1. The van der Waals surface area contributed by atoms with Crippen LogP contribution < -0.4 is 0 Å². The zero-order valence-corrected chi connectivity index (χ0v) is 14.0. The molecule has 0 spiro atoms. The highest BCUT2D eigenvalue weighted by molar-refractivity contribution is 9.11. The van der Waals surface area contributed by atoms with Crippen LogP contribution in [-0.4, -0.2) is 47.8 Å². The van der Waals surface area contributed by atoms with Crippen LogP contribution in [0.5, 0.6) is 0 Å². The number of nitrogens with zero attached hydrogens (tertiary/aromatic N) is 2. The largest absolute Gasteiger partial charge is 0.338 e. The van der Waals surface area contributed by atoms with Crippen LogP contribution in [0.4, 0.5) is 0 Å². The summed E-state index contributed by atoms with van der Waals surface area (Å²) in [5.74, 6) is 0.0403. The predicted octanol–water partition coefficient (Wildman–Crippen LogP) is 2.90. The fraction of sp³-hybridized carbons (Fsp3) is 0.429. The summed E-state index contributed by atoms with van der Waals surface area (Å²) >= 11 is 6.84. The quantitative estimate of drug-likeness (QED) is 0.764. The van der Waals surface area contributed by atoms with E-state index >= 15 is 0 Å². The average molecular weight is 402 g/mol. The number of hydrogen-bond acceptors (Lipinski definition) is 2. The number of hydrogen-bond donors (Lipinski definition) is 0. The van der Waals surface area contributed by atoms with E-state index in [4.69, 9.17) is 0 Å². The number of rotatable bonds is 2. The van der Waals surface area contributed by atoms with Gasteiger partial charge in [0.1, 0.15) is 0 Å². The van der Waals surface area contributed by atoms with Crippen molar-refractivity contribution in [3.8, 4) is 0 Å². The molecule has 0 bridgehead atoms. The third kappa shape index (κ3) is 2.39. The molecule has 0 atom stereocenters. The van der Waals surface area contributed by atoms with E-state index in [-0.39, 0.29) is 11.8 Å². The first-order valence-corrected chi connectivity index (χ1v) is 8.24. The van der Waals surface area contributed by atoms with Gasteiger partial charge in [0.05, 0.1) is 11.1 Å². The molecule has 2 fully saturated rings. The Morgan fingerprint density at radius 2 is 1.15 bits per heavy atom. The summed E-state index contributed by atoms with van der Waals surface area (Å²) in [6, 6.07) is 3.50. The van der Waals surface area contributed by atoms with E-state index in [1.165, 1.54) is 0 Å². The van der Waals surface area contributed by atoms with Crippen LogP contribution in [-0.2, 0) is 0 Å². The summed E-state index contributed by atoms with van der Waals surface area (Å²) in [5.41, 5.74) is 1.22. The Labute approximate surface area is 134 Å². The molecular formula is C14H14Br2N2O2. The first-order valence-electron chi connectivity index (χ1n) is 6.65. The summed E-state index contributed by atoms with van der Waals surface area (Å²) in [5, 5.41) is 0. The van der Waals surface area contributed by atoms with Gasteiger partial charge in [-0.05, 0) is 56.8 Å². The van der Waals surface area contributed by atoms with Crippen molar-refractivity contribution in [2.45, 2.75) is 12.8 Å².